The molecule has 2 rings (SSSR count). The van der Waals surface area contributed by atoms with E-state index in [4.69, 9.17) is 10.5 Å². The Bertz CT molecular complexity index is 492. The fraction of sp³-hybridized carbons (Fsp3) is 0.286. The van der Waals surface area contributed by atoms with Gasteiger partial charge in [-0.3, -0.25) is 0 Å². The van der Waals surface area contributed by atoms with E-state index < -0.39 is 0 Å². The van der Waals surface area contributed by atoms with Gasteiger partial charge in [-0.1, -0.05) is 18.2 Å². The lowest BCUT2D eigenvalue weighted by Crippen LogP contribution is -2.13. The molecule has 0 aliphatic rings. The predicted octanol–water partition coefficient (Wildman–Crippen LogP) is 3.50. The van der Waals surface area contributed by atoms with Gasteiger partial charge >= 0.3 is 0 Å². The fourth-order valence-corrected chi connectivity index (χ4v) is 2.66. The number of hydrogen-bond acceptors (Lipinski definition) is 3. The Balaban J connectivity index is 2.37. The summed E-state index contributed by atoms with van der Waals surface area (Å²) in [5.41, 5.74) is 8.55. The number of para-hydroxylation sites is 1. The van der Waals surface area contributed by atoms with Gasteiger partial charge in [-0.2, -0.15) is 0 Å². The molecule has 0 saturated heterocycles. The summed E-state index contributed by atoms with van der Waals surface area (Å²) in [6.07, 6.45) is 0. The molecule has 1 atom stereocenters. The molecule has 17 heavy (non-hydrogen) atoms. The van der Waals surface area contributed by atoms with Crippen molar-refractivity contribution >= 4 is 11.3 Å². The summed E-state index contributed by atoms with van der Waals surface area (Å²) in [5.74, 6) is 0.883. The highest BCUT2D eigenvalue weighted by molar-refractivity contribution is 7.10. The minimum absolute atomic E-state index is 0.107. The number of rotatable bonds is 4. The Morgan fingerprint density at radius 3 is 2.65 bits per heavy atom. The maximum atomic E-state index is 6.32. The molecule has 0 fully saturated rings. The molecule has 0 aliphatic heterocycles. The topological polar surface area (TPSA) is 35.2 Å². The maximum absolute atomic E-state index is 6.32. The van der Waals surface area contributed by atoms with Crippen LogP contribution in [0.5, 0.6) is 5.75 Å². The second kappa shape index (κ2) is 5.34. The summed E-state index contributed by atoms with van der Waals surface area (Å²) in [7, 11) is 0. The first-order valence-electron chi connectivity index (χ1n) is 5.75. The van der Waals surface area contributed by atoms with Crippen LogP contribution in [0.3, 0.4) is 0 Å². The summed E-state index contributed by atoms with van der Waals surface area (Å²) < 4.78 is 5.62. The van der Waals surface area contributed by atoms with E-state index in [0.29, 0.717) is 6.61 Å². The number of hydrogen-bond donors (Lipinski definition) is 1. The Morgan fingerprint density at radius 1 is 1.24 bits per heavy atom. The van der Waals surface area contributed by atoms with Crippen molar-refractivity contribution in [2.45, 2.75) is 19.9 Å². The van der Waals surface area contributed by atoms with E-state index in [1.807, 2.05) is 31.2 Å². The summed E-state index contributed by atoms with van der Waals surface area (Å²) in [5, 5.41) is 2.08. The number of ether oxygens (including phenoxy) is 1. The van der Waals surface area contributed by atoms with Gasteiger partial charge in [0.15, 0.2) is 0 Å². The second-order valence-electron chi connectivity index (χ2n) is 3.88. The van der Waals surface area contributed by atoms with Crippen LogP contribution in [0.15, 0.2) is 35.7 Å². The van der Waals surface area contributed by atoms with E-state index in [1.54, 1.807) is 11.3 Å². The Kier molecular flexibility index (Phi) is 3.82. The van der Waals surface area contributed by atoms with Crippen LogP contribution in [0.4, 0.5) is 0 Å². The Labute approximate surface area is 106 Å². The molecule has 2 aromatic rings. The lowest BCUT2D eigenvalue weighted by molar-refractivity contribution is 0.335. The van der Waals surface area contributed by atoms with Crippen LogP contribution < -0.4 is 10.5 Å². The van der Waals surface area contributed by atoms with Gasteiger partial charge in [0.1, 0.15) is 5.75 Å². The highest BCUT2D eigenvalue weighted by Gasteiger charge is 2.16. The van der Waals surface area contributed by atoms with Crippen LogP contribution in [-0.4, -0.2) is 6.61 Å². The first-order valence-corrected chi connectivity index (χ1v) is 6.63. The lowest BCUT2D eigenvalue weighted by atomic mass is 9.99. The average molecular weight is 247 g/mol. The zero-order chi connectivity index (χ0) is 12.3. The summed E-state index contributed by atoms with van der Waals surface area (Å²) in [6, 6.07) is 9.96. The Morgan fingerprint density at radius 2 is 2.00 bits per heavy atom. The molecule has 2 nitrogen and oxygen atoms in total. The summed E-state index contributed by atoms with van der Waals surface area (Å²) in [6.45, 7) is 4.74. The van der Waals surface area contributed by atoms with Crippen LogP contribution >= 0.6 is 11.3 Å². The van der Waals surface area contributed by atoms with E-state index in [1.165, 1.54) is 10.4 Å². The van der Waals surface area contributed by atoms with Gasteiger partial charge in [0.05, 0.1) is 12.6 Å². The van der Waals surface area contributed by atoms with Crippen molar-refractivity contribution in [2.24, 2.45) is 5.73 Å². The van der Waals surface area contributed by atoms with E-state index in [0.717, 1.165) is 11.3 Å². The third-order valence-electron chi connectivity index (χ3n) is 2.79. The number of thiophene rings is 1. The SMILES string of the molecule is CCOc1ccccc1C(N)c1ccsc1C. The Hall–Kier alpha value is -1.32. The van der Waals surface area contributed by atoms with Crippen molar-refractivity contribution in [3.05, 3.63) is 51.7 Å². The summed E-state index contributed by atoms with van der Waals surface area (Å²) in [4.78, 5) is 1.27. The fourth-order valence-electron chi connectivity index (χ4n) is 1.91. The van der Waals surface area contributed by atoms with Crippen LogP contribution in [0, 0.1) is 6.92 Å². The average Bonchev–Trinajstić information content (AvgIpc) is 2.76. The van der Waals surface area contributed by atoms with E-state index in [-0.39, 0.29) is 6.04 Å². The molecule has 0 saturated carbocycles. The van der Waals surface area contributed by atoms with Crippen molar-refractivity contribution in [3.63, 3.8) is 0 Å². The van der Waals surface area contributed by atoms with Crippen molar-refractivity contribution < 1.29 is 4.74 Å². The number of benzene rings is 1. The standard InChI is InChI=1S/C14H17NOS/c1-3-16-13-7-5-4-6-12(13)14(15)11-8-9-17-10(11)2/h4-9,14H,3,15H2,1-2H3. The molecule has 0 radical (unpaired) electrons. The van der Waals surface area contributed by atoms with Crippen LogP contribution in [0.1, 0.15) is 29.0 Å². The van der Waals surface area contributed by atoms with Gasteiger partial charge in [0.25, 0.3) is 0 Å². The zero-order valence-electron chi connectivity index (χ0n) is 10.1. The first kappa shape index (κ1) is 12.1. The van der Waals surface area contributed by atoms with E-state index in [9.17, 15) is 0 Å². The molecule has 0 spiro atoms. The van der Waals surface area contributed by atoms with Gasteiger partial charge in [-0.15, -0.1) is 11.3 Å². The molecule has 1 aromatic heterocycles. The van der Waals surface area contributed by atoms with Gasteiger partial charge in [-0.05, 0) is 36.9 Å². The van der Waals surface area contributed by atoms with Crippen molar-refractivity contribution in [3.8, 4) is 5.75 Å². The normalized spacial score (nSPS) is 12.4. The van der Waals surface area contributed by atoms with Gasteiger partial charge in [-0.25, -0.2) is 0 Å². The highest BCUT2D eigenvalue weighted by Crippen LogP contribution is 2.31. The van der Waals surface area contributed by atoms with Gasteiger partial charge in [0.2, 0.25) is 0 Å². The molecule has 2 N–H and O–H groups in total. The third kappa shape index (κ3) is 2.51. The molecule has 1 unspecified atom stereocenters. The third-order valence-corrected chi connectivity index (χ3v) is 3.65. The molecule has 3 heteroatoms. The lowest BCUT2D eigenvalue weighted by Gasteiger charge is -2.16. The molecule has 0 aliphatic carbocycles. The molecule has 0 amide bonds. The quantitative estimate of drug-likeness (QED) is 0.897. The van der Waals surface area contributed by atoms with Crippen molar-refractivity contribution in [2.75, 3.05) is 6.61 Å². The van der Waals surface area contributed by atoms with E-state index >= 15 is 0 Å². The zero-order valence-corrected chi connectivity index (χ0v) is 11.0. The smallest absolute Gasteiger partial charge is 0.124 e. The molecular weight excluding hydrogens is 230 g/mol. The minimum atomic E-state index is -0.107. The first-order chi connectivity index (χ1) is 8.24. The second-order valence-corrected chi connectivity index (χ2v) is 5.00. The number of nitrogens with two attached hydrogens (primary N) is 1. The molecule has 1 heterocycles. The van der Waals surface area contributed by atoms with E-state index in [2.05, 4.69) is 18.4 Å². The van der Waals surface area contributed by atoms with Gasteiger partial charge in [0, 0.05) is 10.4 Å². The predicted molar refractivity (Wildman–Crippen MR) is 72.7 cm³/mol. The summed E-state index contributed by atoms with van der Waals surface area (Å²) >= 11 is 1.73. The van der Waals surface area contributed by atoms with Gasteiger partial charge < -0.3 is 10.5 Å². The largest absolute Gasteiger partial charge is 0.494 e. The van der Waals surface area contributed by atoms with Crippen molar-refractivity contribution in [1.29, 1.82) is 0 Å². The molecule has 1 aromatic carbocycles. The molecular formula is C14H17NOS. The molecule has 0 bridgehead atoms. The van der Waals surface area contributed by atoms with Crippen LogP contribution in [0.2, 0.25) is 0 Å². The van der Waals surface area contributed by atoms with Crippen LogP contribution in [-0.2, 0) is 0 Å². The monoisotopic (exact) mass is 247 g/mol. The van der Waals surface area contributed by atoms with Crippen LogP contribution in [0.25, 0.3) is 0 Å². The molecule has 90 valence electrons. The maximum Gasteiger partial charge on any atom is 0.124 e. The number of aryl methyl sites for hydroxylation is 1. The highest BCUT2D eigenvalue weighted by atomic mass is 32.1. The minimum Gasteiger partial charge on any atom is -0.494 e. The van der Waals surface area contributed by atoms with Crippen molar-refractivity contribution in [1.82, 2.24) is 0 Å².